The Kier molecular flexibility index (Phi) is 5.15. The molecule has 0 unspecified atom stereocenters. The molecule has 1 aromatic heterocycles. The summed E-state index contributed by atoms with van der Waals surface area (Å²) in [5.41, 5.74) is 0. The molecule has 2 aliphatic rings. The van der Waals surface area contributed by atoms with Gasteiger partial charge in [0.15, 0.2) is 5.82 Å². The number of urea groups is 1. The highest BCUT2D eigenvalue weighted by Gasteiger charge is 2.29. The van der Waals surface area contributed by atoms with Crippen molar-refractivity contribution in [2.75, 3.05) is 33.7 Å². The largest absolute Gasteiger partial charge is 0.339 e. The molecular weight excluding hydrogens is 294 g/mol. The standard InChI is InChI=1S/C16H27N5O2/c1-20(2)16(22)21-10-7-12(8-11-21)15-18-14(19-23-15)13-6-4-3-5-9-17-13/h12-13,17H,3-11H2,1-2H3/t13-/m1/s1. The van der Waals surface area contributed by atoms with E-state index in [0.717, 1.165) is 50.6 Å². The maximum absolute atomic E-state index is 12.0. The maximum atomic E-state index is 12.0. The first-order chi connectivity index (χ1) is 11.1. The van der Waals surface area contributed by atoms with Gasteiger partial charge in [-0.25, -0.2) is 4.79 Å². The number of aromatic nitrogens is 2. The second kappa shape index (κ2) is 7.29. The Hall–Kier alpha value is -1.63. The van der Waals surface area contributed by atoms with E-state index in [9.17, 15) is 4.79 Å². The van der Waals surface area contributed by atoms with Crippen molar-refractivity contribution in [3.8, 4) is 0 Å². The molecule has 1 aromatic rings. The number of likely N-dealkylation sites (tertiary alicyclic amines) is 1. The Labute approximate surface area is 137 Å². The van der Waals surface area contributed by atoms with Crippen LogP contribution < -0.4 is 5.32 Å². The third-order valence-electron chi connectivity index (χ3n) is 4.83. The van der Waals surface area contributed by atoms with Crippen molar-refractivity contribution in [2.45, 2.75) is 50.5 Å². The zero-order valence-electron chi connectivity index (χ0n) is 14.1. The lowest BCUT2D eigenvalue weighted by molar-refractivity contribution is 0.152. The molecule has 2 aliphatic heterocycles. The zero-order chi connectivity index (χ0) is 16.2. The second-order valence-electron chi connectivity index (χ2n) is 6.79. The molecule has 7 heteroatoms. The number of rotatable bonds is 2. The topological polar surface area (TPSA) is 74.5 Å². The van der Waals surface area contributed by atoms with Gasteiger partial charge in [0.2, 0.25) is 5.89 Å². The fourth-order valence-corrected chi connectivity index (χ4v) is 3.40. The number of piperidine rings is 1. The van der Waals surface area contributed by atoms with Crippen LogP contribution in [0, 0.1) is 0 Å². The number of carbonyl (C=O) groups excluding carboxylic acids is 1. The van der Waals surface area contributed by atoms with Crippen LogP contribution in [0.25, 0.3) is 0 Å². The number of amides is 2. The van der Waals surface area contributed by atoms with E-state index in [0.29, 0.717) is 0 Å². The minimum absolute atomic E-state index is 0.0809. The lowest BCUT2D eigenvalue weighted by atomic mass is 9.97. The SMILES string of the molecule is CN(C)C(=O)N1CCC(c2nc([C@H]3CCCCCN3)no2)CC1. The molecule has 128 valence electrons. The smallest absolute Gasteiger partial charge is 0.319 e. The van der Waals surface area contributed by atoms with Crippen LogP contribution in [0.15, 0.2) is 4.52 Å². The zero-order valence-corrected chi connectivity index (χ0v) is 14.1. The molecular formula is C16H27N5O2. The second-order valence-corrected chi connectivity index (χ2v) is 6.79. The summed E-state index contributed by atoms with van der Waals surface area (Å²) < 4.78 is 5.53. The van der Waals surface area contributed by atoms with Gasteiger partial charge in [-0.2, -0.15) is 4.98 Å². The number of nitrogens with zero attached hydrogens (tertiary/aromatic N) is 4. The molecule has 0 spiro atoms. The summed E-state index contributed by atoms with van der Waals surface area (Å²) in [7, 11) is 3.58. The van der Waals surface area contributed by atoms with Gasteiger partial charge in [0.1, 0.15) is 0 Å². The molecule has 2 saturated heterocycles. The van der Waals surface area contributed by atoms with Gasteiger partial charge >= 0.3 is 6.03 Å². The van der Waals surface area contributed by atoms with E-state index in [-0.39, 0.29) is 18.0 Å². The molecule has 0 aliphatic carbocycles. The van der Waals surface area contributed by atoms with Crippen molar-refractivity contribution in [1.29, 1.82) is 0 Å². The number of carbonyl (C=O) groups is 1. The lowest BCUT2D eigenvalue weighted by Crippen LogP contribution is -2.43. The van der Waals surface area contributed by atoms with Gasteiger partial charge in [-0.3, -0.25) is 0 Å². The summed E-state index contributed by atoms with van der Waals surface area (Å²) in [6.07, 6.45) is 6.56. The quantitative estimate of drug-likeness (QED) is 0.903. The molecule has 3 rings (SSSR count). The third-order valence-corrected chi connectivity index (χ3v) is 4.83. The summed E-state index contributed by atoms with van der Waals surface area (Å²) in [5, 5.41) is 7.71. The molecule has 1 atom stereocenters. The first kappa shape index (κ1) is 16.2. The predicted octanol–water partition coefficient (Wildman–Crippen LogP) is 2.14. The van der Waals surface area contributed by atoms with E-state index in [1.54, 1.807) is 19.0 Å². The van der Waals surface area contributed by atoms with Crippen LogP contribution in [-0.4, -0.2) is 59.7 Å². The molecule has 0 bridgehead atoms. The average molecular weight is 321 g/mol. The fourth-order valence-electron chi connectivity index (χ4n) is 3.40. The Bertz CT molecular complexity index is 514. The van der Waals surface area contributed by atoms with Gasteiger partial charge in [-0.05, 0) is 32.2 Å². The third kappa shape index (κ3) is 3.83. The summed E-state index contributed by atoms with van der Waals surface area (Å²) in [5.74, 6) is 1.81. The van der Waals surface area contributed by atoms with Crippen molar-refractivity contribution in [1.82, 2.24) is 25.3 Å². The van der Waals surface area contributed by atoms with E-state index in [4.69, 9.17) is 4.52 Å². The highest BCUT2D eigenvalue weighted by molar-refractivity contribution is 5.73. The van der Waals surface area contributed by atoms with Crippen LogP contribution >= 0.6 is 0 Å². The van der Waals surface area contributed by atoms with Crippen molar-refractivity contribution in [2.24, 2.45) is 0 Å². The average Bonchev–Trinajstić information content (AvgIpc) is 2.90. The number of hydrogen-bond donors (Lipinski definition) is 1. The van der Waals surface area contributed by atoms with E-state index < -0.39 is 0 Å². The van der Waals surface area contributed by atoms with Crippen molar-refractivity contribution >= 4 is 6.03 Å². The molecule has 3 heterocycles. The summed E-state index contributed by atoms with van der Waals surface area (Å²) in [4.78, 5) is 20.1. The Morgan fingerprint density at radius 1 is 1.22 bits per heavy atom. The number of nitrogens with one attached hydrogen (secondary N) is 1. The summed E-state index contributed by atoms with van der Waals surface area (Å²) >= 11 is 0. The van der Waals surface area contributed by atoms with Crippen LogP contribution in [0.3, 0.4) is 0 Å². The molecule has 2 amide bonds. The summed E-state index contributed by atoms with van der Waals surface area (Å²) in [6, 6.07) is 0.308. The van der Waals surface area contributed by atoms with Crippen molar-refractivity contribution < 1.29 is 9.32 Å². The van der Waals surface area contributed by atoms with Crippen molar-refractivity contribution in [3.63, 3.8) is 0 Å². The van der Waals surface area contributed by atoms with E-state index in [2.05, 4.69) is 15.5 Å². The minimum Gasteiger partial charge on any atom is -0.339 e. The molecule has 7 nitrogen and oxygen atoms in total. The van der Waals surface area contributed by atoms with Gasteiger partial charge < -0.3 is 19.6 Å². The van der Waals surface area contributed by atoms with Gasteiger partial charge in [-0.1, -0.05) is 18.0 Å². The predicted molar refractivity (Wildman–Crippen MR) is 86.1 cm³/mol. The lowest BCUT2D eigenvalue weighted by Gasteiger charge is -2.32. The number of hydrogen-bond acceptors (Lipinski definition) is 5. The molecule has 0 radical (unpaired) electrons. The normalized spacial score (nSPS) is 23.6. The molecule has 1 N–H and O–H groups in total. The van der Waals surface area contributed by atoms with Crippen LogP contribution in [0.4, 0.5) is 4.79 Å². The van der Waals surface area contributed by atoms with Crippen LogP contribution in [0.2, 0.25) is 0 Å². The first-order valence-electron chi connectivity index (χ1n) is 8.68. The molecule has 23 heavy (non-hydrogen) atoms. The Morgan fingerprint density at radius 3 is 2.74 bits per heavy atom. The van der Waals surface area contributed by atoms with Gasteiger partial charge in [0, 0.05) is 33.1 Å². The van der Waals surface area contributed by atoms with Crippen LogP contribution in [-0.2, 0) is 0 Å². The first-order valence-corrected chi connectivity index (χ1v) is 8.68. The van der Waals surface area contributed by atoms with Crippen LogP contribution in [0.1, 0.15) is 62.2 Å². The minimum atomic E-state index is 0.0809. The van der Waals surface area contributed by atoms with Gasteiger partial charge in [0.05, 0.1) is 6.04 Å². The van der Waals surface area contributed by atoms with Gasteiger partial charge in [0.25, 0.3) is 0 Å². The Morgan fingerprint density at radius 2 is 2.00 bits per heavy atom. The van der Waals surface area contributed by atoms with Gasteiger partial charge in [-0.15, -0.1) is 0 Å². The highest BCUT2D eigenvalue weighted by Crippen LogP contribution is 2.29. The van der Waals surface area contributed by atoms with E-state index in [1.807, 2.05) is 4.90 Å². The van der Waals surface area contributed by atoms with Crippen LogP contribution in [0.5, 0.6) is 0 Å². The maximum Gasteiger partial charge on any atom is 0.319 e. The monoisotopic (exact) mass is 321 g/mol. The molecule has 0 saturated carbocycles. The molecule has 2 fully saturated rings. The van der Waals surface area contributed by atoms with E-state index >= 15 is 0 Å². The highest BCUT2D eigenvalue weighted by atomic mass is 16.5. The van der Waals surface area contributed by atoms with E-state index in [1.165, 1.54) is 19.3 Å². The fraction of sp³-hybridized carbons (Fsp3) is 0.812. The van der Waals surface area contributed by atoms with Crippen molar-refractivity contribution in [3.05, 3.63) is 11.7 Å². The summed E-state index contributed by atoms with van der Waals surface area (Å²) in [6.45, 7) is 2.53. The Balaban J connectivity index is 1.58. The molecule has 0 aromatic carbocycles.